The first kappa shape index (κ1) is 15.3. The van der Waals surface area contributed by atoms with Crippen LogP contribution < -0.4 is 10.9 Å². The Morgan fingerprint density at radius 1 is 1.35 bits per heavy atom. The zero-order chi connectivity index (χ0) is 14.7. The van der Waals surface area contributed by atoms with Crippen LogP contribution in [0.1, 0.15) is 11.4 Å². The van der Waals surface area contributed by atoms with E-state index in [0.29, 0.717) is 19.7 Å². The SMILES string of the molecule is [B]c1ccc(-c2nc(C=C)c(/C=C\P)n2PC)cc1[B]. The fourth-order valence-corrected chi connectivity index (χ4v) is 2.99. The molecule has 20 heavy (non-hydrogen) atoms. The Bertz CT molecular complexity index is 678. The predicted molar refractivity (Wildman–Crippen MR) is 96.9 cm³/mol. The Morgan fingerprint density at radius 2 is 2.10 bits per heavy atom. The third-order valence-electron chi connectivity index (χ3n) is 2.96. The molecule has 0 bridgehead atoms. The van der Waals surface area contributed by atoms with Crippen molar-refractivity contribution >= 4 is 56.7 Å². The molecule has 0 fully saturated rings. The van der Waals surface area contributed by atoms with Crippen molar-refractivity contribution < 1.29 is 0 Å². The number of aromatic nitrogens is 2. The molecule has 1 aromatic heterocycles. The molecule has 0 spiro atoms. The normalized spacial score (nSPS) is 11.7. The summed E-state index contributed by atoms with van der Waals surface area (Å²) in [6, 6.07) is 5.60. The maximum absolute atomic E-state index is 5.89. The van der Waals surface area contributed by atoms with Gasteiger partial charge in [0.05, 0.1) is 11.4 Å². The van der Waals surface area contributed by atoms with Crippen LogP contribution in [0.25, 0.3) is 23.5 Å². The molecule has 2 unspecified atom stereocenters. The second-order valence-corrected chi connectivity index (χ2v) is 5.45. The number of hydrogen-bond donors (Lipinski definition) is 0. The van der Waals surface area contributed by atoms with Crippen molar-refractivity contribution in [2.75, 3.05) is 6.66 Å². The minimum absolute atomic E-state index is 0.555. The average molecular weight is 294 g/mol. The highest BCUT2D eigenvalue weighted by atomic mass is 31.1. The maximum atomic E-state index is 5.89. The maximum Gasteiger partial charge on any atom is 0.144 e. The van der Waals surface area contributed by atoms with Gasteiger partial charge in [-0.1, -0.05) is 30.6 Å². The number of nitrogens with zero attached hydrogens (tertiary/aromatic N) is 2. The lowest BCUT2D eigenvalue weighted by Gasteiger charge is -2.09. The smallest absolute Gasteiger partial charge is 0.144 e. The summed E-state index contributed by atoms with van der Waals surface area (Å²) in [4.78, 5) is 4.65. The van der Waals surface area contributed by atoms with Gasteiger partial charge in [-0.3, -0.25) is 0 Å². The first-order valence-electron chi connectivity index (χ1n) is 6.09. The Kier molecular flexibility index (Phi) is 5.02. The second kappa shape index (κ2) is 6.57. The van der Waals surface area contributed by atoms with Crippen LogP contribution in [-0.2, 0) is 0 Å². The molecule has 0 saturated heterocycles. The molecule has 1 aromatic carbocycles. The lowest BCUT2D eigenvalue weighted by atomic mass is 9.80. The third-order valence-corrected chi connectivity index (χ3v) is 4.05. The van der Waals surface area contributed by atoms with Crippen LogP contribution in [0.2, 0.25) is 0 Å². The van der Waals surface area contributed by atoms with Crippen molar-refractivity contribution in [2.45, 2.75) is 0 Å². The number of hydrogen-bond acceptors (Lipinski definition) is 1. The molecular formula is C14H14B2N2P2. The molecule has 96 valence electrons. The van der Waals surface area contributed by atoms with Gasteiger partial charge >= 0.3 is 0 Å². The van der Waals surface area contributed by atoms with E-state index in [1.165, 1.54) is 0 Å². The van der Waals surface area contributed by atoms with Crippen molar-refractivity contribution in [3.05, 3.63) is 42.0 Å². The Hall–Kier alpha value is -1.10. The van der Waals surface area contributed by atoms with Crippen LogP contribution >= 0.6 is 18.0 Å². The Morgan fingerprint density at radius 3 is 2.65 bits per heavy atom. The molecule has 2 nitrogen and oxygen atoms in total. The van der Waals surface area contributed by atoms with Crippen molar-refractivity contribution in [2.24, 2.45) is 0 Å². The number of benzene rings is 1. The summed E-state index contributed by atoms with van der Waals surface area (Å²) in [5.41, 5.74) is 4.02. The molecule has 0 aliphatic rings. The Labute approximate surface area is 126 Å². The predicted octanol–water partition coefficient (Wildman–Crippen LogP) is 1.70. The lowest BCUT2D eigenvalue weighted by Crippen LogP contribution is -2.25. The molecule has 0 aliphatic carbocycles. The quantitative estimate of drug-likeness (QED) is 0.620. The van der Waals surface area contributed by atoms with E-state index in [9.17, 15) is 0 Å². The van der Waals surface area contributed by atoms with Gasteiger partial charge in [0.2, 0.25) is 0 Å². The van der Waals surface area contributed by atoms with Gasteiger partial charge in [-0.2, -0.15) is 0 Å². The van der Waals surface area contributed by atoms with E-state index in [-0.39, 0.29) is 0 Å². The van der Waals surface area contributed by atoms with Gasteiger partial charge in [-0.25, -0.2) is 4.98 Å². The third kappa shape index (κ3) is 2.82. The van der Waals surface area contributed by atoms with Gasteiger partial charge in [-0.15, -0.1) is 20.2 Å². The fraction of sp³-hybridized carbons (Fsp3) is 0.0714. The minimum atomic E-state index is 0.555. The monoisotopic (exact) mass is 294 g/mol. The average Bonchev–Trinajstić information content (AvgIpc) is 2.80. The van der Waals surface area contributed by atoms with Gasteiger partial charge in [0, 0.05) is 5.56 Å². The van der Waals surface area contributed by atoms with E-state index in [0.717, 1.165) is 22.8 Å². The highest BCUT2D eigenvalue weighted by Crippen LogP contribution is 2.30. The van der Waals surface area contributed by atoms with E-state index in [2.05, 4.69) is 31.8 Å². The molecule has 4 radical (unpaired) electrons. The number of rotatable bonds is 4. The topological polar surface area (TPSA) is 17.8 Å². The van der Waals surface area contributed by atoms with Gasteiger partial charge in [0.1, 0.15) is 21.5 Å². The van der Waals surface area contributed by atoms with Gasteiger partial charge in [0.15, 0.2) is 0 Å². The van der Waals surface area contributed by atoms with Crippen molar-refractivity contribution in [1.82, 2.24) is 9.32 Å². The number of imidazole rings is 1. The van der Waals surface area contributed by atoms with Crippen LogP contribution in [0.15, 0.2) is 30.6 Å². The molecule has 2 aromatic rings. The standard InChI is InChI=1S/C14H14B2N2P2/c1-3-12-13(6-7-19)18(20-2)14(17-12)9-4-5-10(15)11(16)8-9/h3-8,20H,1,19H2,2H3/b7-6-. The summed E-state index contributed by atoms with van der Waals surface area (Å²) in [6.07, 6.45) is 3.77. The molecule has 2 rings (SSSR count). The van der Waals surface area contributed by atoms with Crippen molar-refractivity contribution in [3.63, 3.8) is 0 Å². The molecule has 0 N–H and O–H groups in total. The summed E-state index contributed by atoms with van der Waals surface area (Å²) in [5.74, 6) is 2.80. The highest BCUT2D eigenvalue weighted by Gasteiger charge is 2.14. The summed E-state index contributed by atoms with van der Waals surface area (Å²) >= 11 is 0. The van der Waals surface area contributed by atoms with Crippen LogP contribution in [0, 0.1) is 0 Å². The molecule has 1 heterocycles. The molecule has 0 amide bonds. The summed E-state index contributed by atoms with van der Waals surface area (Å²) in [7, 11) is 14.8. The zero-order valence-corrected chi connectivity index (χ0v) is 13.5. The van der Waals surface area contributed by atoms with Crippen LogP contribution in [0.4, 0.5) is 0 Å². The van der Waals surface area contributed by atoms with Crippen molar-refractivity contribution in [3.8, 4) is 11.4 Å². The summed E-state index contributed by atoms with van der Waals surface area (Å²) < 4.78 is 2.16. The van der Waals surface area contributed by atoms with Crippen LogP contribution in [0.3, 0.4) is 0 Å². The first-order valence-corrected chi connectivity index (χ1v) is 8.20. The summed E-state index contributed by atoms with van der Waals surface area (Å²) in [5, 5.41) is 0. The van der Waals surface area contributed by atoms with Gasteiger partial charge in [0.25, 0.3) is 0 Å². The molecule has 6 heteroatoms. The van der Waals surface area contributed by atoms with E-state index in [4.69, 9.17) is 15.7 Å². The summed E-state index contributed by atoms with van der Waals surface area (Å²) in [6.45, 7) is 5.94. The fourth-order valence-electron chi connectivity index (χ4n) is 1.99. The molecule has 0 saturated carbocycles. The van der Waals surface area contributed by atoms with Crippen LogP contribution in [0.5, 0.6) is 0 Å². The highest BCUT2D eigenvalue weighted by molar-refractivity contribution is 7.35. The van der Waals surface area contributed by atoms with Gasteiger partial charge in [-0.05, 0) is 27.5 Å². The van der Waals surface area contributed by atoms with E-state index in [1.54, 1.807) is 12.1 Å². The van der Waals surface area contributed by atoms with Crippen molar-refractivity contribution in [1.29, 1.82) is 0 Å². The first-order chi connectivity index (χ1) is 9.62. The molecule has 0 aliphatic heterocycles. The lowest BCUT2D eigenvalue weighted by molar-refractivity contribution is 1.22. The van der Waals surface area contributed by atoms with E-state index < -0.39 is 0 Å². The van der Waals surface area contributed by atoms with Gasteiger partial charge < -0.3 is 4.34 Å². The minimum Gasteiger partial charge on any atom is -0.305 e. The van der Waals surface area contributed by atoms with Crippen LogP contribution in [-0.4, -0.2) is 31.7 Å². The van der Waals surface area contributed by atoms with E-state index in [1.807, 2.05) is 24.0 Å². The largest absolute Gasteiger partial charge is 0.305 e. The molecular weight excluding hydrogens is 280 g/mol. The zero-order valence-electron chi connectivity index (χ0n) is 11.3. The van der Waals surface area contributed by atoms with E-state index >= 15 is 0 Å². The Balaban J connectivity index is 2.67. The second-order valence-electron chi connectivity index (χ2n) is 4.17. The molecule has 2 atom stereocenters.